The quantitative estimate of drug-likeness (QED) is 0.602. The number of carbonyl (C=O) groups excluding carboxylic acids is 2. The maximum atomic E-state index is 10.2. The molecule has 0 saturated heterocycles. The van der Waals surface area contributed by atoms with E-state index in [1.165, 1.54) is 13.8 Å². The van der Waals surface area contributed by atoms with E-state index in [0.29, 0.717) is 0 Å². The Bertz CT molecular complexity index is 204. The first kappa shape index (κ1) is 17.3. The summed E-state index contributed by atoms with van der Waals surface area (Å²) in [4.78, 5) is 20.5. The Balaban J connectivity index is 0. The van der Waals surface area contributed by atoms with Crippen LogP contribution in [0.3, 0.4) is 0 Å². The van der Waals surface area contributed by atoms with Crippen molar-refractivity contribution in [2.45, 2.75) is 66.6 Å². The van der Waals surface area contributed by atoms with Crippen molar-refractivity contribution in [3.05, 3.63) is 0 Å². The first-order valence-corrected chi connectivity index (χ1v) is 5.22. The average molecular weight is 232 g/mol. The van der Waals surface area contributed by atoms with Gasteiger partial charge in [0.25, 0.3) is 0 Å². The summed E-state index contributed by atoms with van der Waals surface area (Å²) in [5, 5.41) is 0. The van der Waals surface area contributed by atoms with E-state index >= 15 is 0 Å². The molecule has 96 valence electrons. The summed E-state index contributed by atoms with van der Waals surface area (Å²) in [5.74, 6) is -0.449. The highest BCUT2D eigenvalue weighted by molar-refractivity contribution is 5.66. The fourth-order valence-electron chi connectivity index (χ4n) is 0.862. The molecule has 0 rings (SSSR count). The van der Waals surface area contributed by atoms with E-state index in [1.807, 2.05) is 41.5 Å². The van der Waals surface area contributed by atoms with Crippen LogP contribution in [0.5, 0.6) is 0 Å². The summed E-state index contributed by atoms with van der Waals surface area (Å²) < 4.78 is 9.60. The zero-order valence-corrected chi connectivity index (χ0v) is 11.6. The van der Waals surface area contributed by atoms with Crippen LogP contribution in [0.1, 0.15) is 55.4 Å². The van der Waals surface area contributed by atoms with Gasteiger partial charge in [-0.15, -0.1) is 0 Å². The Morgan fingerprint density at radius 3 is 0.875 bits per heavy atom. The van der Waals surface area contributed by atoms with Crippen molar-refractivity contribution < 1.29 is 19.1 Å². The summed E-state index contributed by atoms with van der Waals surface area (Å²) in [6.07, 6.45) is 0. The second kappa shape index (κ2) is 6.51. The summed E-state index contributed by atoms with van der Waals surface area (Å²) in [6, 6.07) is 0. The van der Waals surface area contributed by atoms with Gasteiger partial charge in [-0.1, -0.05) is 0 Å². The molecule has 4 nitrogen and oxygen atoms in total. The van der Waals surface area contributed by atoms with Gasteiger partial charge in [0.15, 0.2) is 0 Å². The third kappa shape index (κ3) is 23.1. The Morgan fingerprint density at radius 2 is 0.875 bits per heavy atom. The van der Waals surface area contributed by atoms with Crippen LogP contribution in [0, 0.1) is 0 Å². The molecule has 0 aromatic carbocycles. The molecular formula is C12H24O4. The van der Waals surface area contributed by atoms with Crippen molar-refractivity contribution in [1.29, 1.82) is 0 Å². The zero-order chi connectivity index (χ0) is 13.6. The van der Waals surface area contributed by atoms with Crippen LogP contribution in [-0.2, 0) is 19.1 Å². The van der Waals surface area contributed by atoms with E-state index in [1.54, 1.807) is 0 Å². The topological polar surface area (TPSA) is 52.6 Å². The predicted molar refractivity (Wildman–Crippen MR) is 63.0 cm³/mol. The SMILES string of the molecule is CC(=O)OC(C)(C)C.CC(=O)OC(C)(C)C. The molecule has 0 saturated carbocycles. The average Bonchev–Trinajstić information content (AvgIpc) is 1.72. The number of hydrogen-bond acceptors (Lipinski definition) is 4. The normalized spacial score (nSPS) is 11.0. The zero-order valence-electron chi connectivity index (χ0n) is 11.6. The van der Waals surface area contributed by atoms with E-state index in [2.05, 4.69) is 0 Å². The monoisotopic (exact) mass is 232 g/mol. The minimum atomic E-state index is -0.328. The molecule has 0 aromatic rings. The summed E-state index contributed by atoms with van der Waals surface area (Å²) >= 11 is 0. The molecule has 0 bridgehead atoms. The Kier molecular flexibility index (Phi) is 7.05. The number of esters is 2. The van der Waals surface area contributed by atoms with Crippen molar-refractivity contribution in [3.63, 3.8) is 0 Å². The lowest BCUT2D eigenvalue weighted by molar-refractivity contribution is -0.153. The molecule has 4 heteroatoms. The smallest absolute Gasteiger partial charge is 0.303 e. The molecule has 0 amide bonds. The minimum absolute atomic E-state index is 0.225. The molecule has 0 spiro atoms. The van der Waals surface area contributed by atoms with E-state index < -0.39 is 0 Å². The molecule has 0 fully saturated rings. The Morgan fingerprint density at radius 1 is 0.688 bits per heavy atom. The van der Waals surface area contributed by atoms with Gasteiger partial charge in [0.05, 0.1) is 0 Å². The van der Waals surface area contributed by atoms with Crippen LogP contribution in [0.2, 0.25) is 0 Å². The van der Waals surface area contributed by atoms with Gasteiger partial charge in [0.2, 0.25) is 0 Å². The van der Waals surface area contributed by atoms with E-state index in [9.17, 15) is 9.59 Å². The second-order valence-electron chi connectivity index (χ2n) is 5.41. The second-order valence-corrected chi connectivity index (χ2v) is 5.41. The highest BCUT2D eigenvalue weighted by Gasteiger charge is 2.12. The summed E-state index contributed by atoms with van der Waals surface area (Å²) in [7, 11) is 0. The lowest BCUT2D eigenvalue weighted by Gasteiger charge is -2.17. The van der Waals surface area contributed by atoms with Gasteiger partial charge in [-0.05, 0) is 41.5 Å². The molecule has 16 heavy (non-hydrogen) atoms. The van der Waals surface area contributed by atoms with Crippen molar-refractivity contribution in [1.82, 2.24) is 0 Å². The van der Waals surface area contributed by atoms with Gasteiger partial charge in [-0.2, -0.15) is 0 Å². The highest BCUT2D eigenvalue weighted by atomic mass is 16.6. The van der Waals surface area contributed by atoms with Gasteiger partial charge in [0, 0.05) is 13.8 Å². The van der Waals surface area contributed by atoms with Crippen LogP contribution in [0.4, 0.5) is 0 Å². The van der Waals surface area contributed by atoms with Crippen LogP contribution in [-0.4, -0.2) is 23.1 Å². The van der Waals surface area contributed by atoms with E-state index in [4.69, 9.17) is 9.47 Å². The van der Waals surface area contributed by atoms with Crippen molar-refractivity contribution >= 4 is 11.9 Å². The number of carbonyl (C=O) groups is 2. The lowest BCUT2D eigenvalue weighted by atomic mass is 10.2. The molecule has 0 aromatic heterocycles. The number of rotatable bonds is 0. The molecule has 0 aliphatic rings. The predicted octanol–water partition coefficient (Wildman–Crippen LogP) is 2.70. The maximum absolute atomic E-state index is 10.2. The van der Waals surface area contributed by atoms with E-state index in [0.717, 1.165) is 0 Å². The third-order valence-electron chi connectivity index (χ3n) is 0.900. The first-order valence-electron chi connectivity index (χ1n) is 5.22. The first-order chi connectivity index (χ1) is 6.83. The third-order valence-corrected chi connectivity index (χ3v) is 0.900. The van der Waals surface area contributed by atoms with E-state index in [-0.39, 0.29) is 23.1 Å². The van der Waals surface area contributed by atoms with Crippen molar-refractivity contribution in [2.75, 3.05) is 0 Å². The Hall–Kier alpha value is -1.06. The van der Waals surface area contributed by atoms with Gasteiger partial charge in [-0.25, -0.2) is 0 Å². The molecule has 0 unspecified atom stereocenters. The Labute approximate surface area is 98.3 Å². The van der Waals surface area contributed by atoms with Gasteiger partial charge >= 0.3 is 11.9 Å². The molecule has 0 N–H and O–H groups in total. The van der Waals surface area contributed by atoms with Crippen molar-refractivity contribution in [2.24, 2.45) is 0 Å². The lowest BCUT2D eigenvalue weighted by Crippen LogP contribution is -2.21. The largest absolute Gasteiger partial charge is 0.460 e. The molecule has 0 heterocycles. The van der Waals surface area contributed by atoms with Gasteiger partial charge in [-0.3, -0.25) is 9.59 Å². The fourth-order valence-corrected chi connectivity index (χ4v) is 0.862. The summed E-state index contributed by atoms with van der Waals surface area (Å²) in [6.45, 7) is 13.9. The molecule has 0 atom stereocenters. The number of hydrogen-bond donors (Lipinski definition) is 0. The fraction of sp³-hybridized carbons (Fsp3) is 0.833. The molecule has 0 aliphatic heterocycles. The summed E-state index contributed by atoms with van der Waals surface area (Å²) in [5.41, 5.74) is -0.655. The van der Waals surface area contributed by atoms with Crippen LogP contribution >= 0.6 is 0 Å². The number of ether oxygens (including phenoxy) is 2. The van der Waals surface area contributed by atoms with Gasteiger partial charge in [0.1, 0.15) is 11.2 Å². The van der Waals surface area contributed by atoms with Crippen LogP contribution < -0.4 is 0 Å². The standard InChI is InChI=1S/2C6H12O2/c2*1-5(7)8-6(2,3)4/h2*1-4H3. The maximum Gasteiger partial charge on any atom is 0.303 e. The molecular weight excluding hydrogens is 208 g/mol. The van der Waals surface area contributed by atoms with Gasteiger partial charge < -0.3 is 9.47 Å². The van der Waals surface area contributed by atoms with Crippen molar-refractivity contribution in [3.8, 4) is 0 Å². The van der Waals surface area contributed by atoms with Crippen LogP contribution in [0.25, 0.3) is 0 Å². The molecule has 0 aliphatic carbocycles. The van der Waals surface area contributed by atoms with Crippen LogP contribution in [0.15, 0.2) is 0 Å². The molecule has 0 radical (unpaired) electrons. The highest BCUT2D eigenvalue weighted by Crippen LogP contribution is 2.06. The minimum Gasteiger partial charge on any atom is -0.460 e.